The maximum absolute atomic E-state index is 6.23. The van der Waals surface area contributed by atoms with Gasteiger partial charge in [0, 0.05) is 11.9 Å². The van der Waals surface area contributed by atoms with E-state index in [2.05, 4.69) is 40.6 Å². The predicted octanol–water partition coefficient (Wildman–Crippen LogP) is 5.73. The Bertz CT molecular complexity index is 805. The predicted molar refractivity (Wildman–Crippen MR) is 91.9 cm³/mol. The molecule has 1 heterocycles. The first-order valence-corrected chi connectivity index (χ1v) is 7.95. The summed E-state index contributed by atoms with van der Waals surface area (Å²) in [6, 6.07) is 16.3. The van der Waals surface area contributed by atoms with Gasteiger partial charge in [-0.05, 0) is 29.0 Å². The van der Waals surface area contributed by atoms with E-state index in [9.17, 15) is 0 Å². The topological polar surface area (TPSA) is 24.9 Å². The molecule has 3 aromatic rings. The molecule has 0 aliphatic rings. The molecule has 2 aromatic carbocycles. The zero-order chi connectivity index (χ0) is 14.8. The number of nitrogens with one attached hydrogen (secondary N) is 1. The van der Waals surface area contributed by atoms with E-state index in [-0.39, 0.29) is 0 Å². The third-order valence-corrected chi connectivity index (χ3v) is 4.75. The Morgan fingerprint density at radius 2 is 1.71 bits per heavy atom. The molecule has 0 bridgehead atoms. The van der Waals surface area contributed by atoms with Crippen molar-refractivity contribution in [1.29, 1.82) is 0 Å². The molecular formula is C16H12Cl2N2S. The minimum absolute atomic E-state index is 0.519. The van der Waals surface area contributed by atoms with Crippen molar-refractivity contribution in [1.82, 2.24) is 4.98 Å². The normalized spacial score (nSPS) is 10.8. The van der Waals surface area contributed by atoms with Crippen molar-refractivity contribution in [2.24, 2.45) is 0 Å². The first kappa shape index (κ1) is 14.5. The van der Waals surface area contributed by atoms with Crippen LogP contribution in [0.1, 0.15) is 0 Å². The Labute approximate surface area is 137 Å². The molecule has 0 saturated carbocycles. The molecule has 0 amide bonds. The van der Waals surface area contributed by atoms with Crippen LogP contribution in [-0.4, -0.2) is 12.0 Å². The fraction of sp³-hybridized carbons (Fsp3) is 0.0625. The number of nitrogens with zero attached hydrogens (tertiary/aromatic N) is 1. The largest absolute Gasteiger partial charge is 0.372 e. The van der Waals surface area contributed by atoms with Crippen LogP contribution in [0.4, 0.5) is 5.82 Å². The van der Waals surface area contributed by atoms with Crippen molar-refractivity contribution < 1.29 is 0 Å². The van der Waals surface area contributed by atoms with Crippen molar-refractivity contribution in [3.05, 3.63) is 58.6 Å². The molecule has 0 spiro atoms. The van der Waals surface area contributed by atoms with Gasteiger partial charge in [0.1, 0.15) is 10.8 Å². The van der Waals surface area contributed by atoms with Crippen LogP contribution in [0.3, 0.4) is 0 Å². The first-order valence-electron chi connectivity index (χ1n) is 6.38. The molecule has 0 unspecified atom stereocenters. The molecule has 5 heteroatoms. The van der Waals surface area contributed by atoms with E-state index < -0.39 is 0 Å². The molecule has 0 aliphatic heterocycles. The van der Waals surface area contributed by atoms with Crippen LogP contribution in [0.5, 0.6) is 0 Å². The molecule has 0 radical (unpaired) electrons. The summed E-state index contributed by atoms with van der Waals surface area (Å²) < 4.78 is 0. The van der Waals surface area contributed by atoms with Crippen LogP contribution in [0.25, 0.3) is 10.8 Å². The van der Waals surface area contributed by atoms with Gasteiger partial charge in [0.25, 0.3) is 0 Å². The minimum Gasteiger partial charge on any atom is -0.372 e. The summed E-state index contributed by atoms with van der Waals surface area (Å²) in [6.07, 6.45) is 0. The van der Waals surface area contributed by atoms with Gasteiger partial charge in [-0.1, -0.05) is 65.3 Å². The van der Waals surface area contributed by atoms with Gasteiger partial charge in [0.15, 0.2) is 0 Å². The van der Waals surface area contributed by atoms with Crippen LogP contribution in [-0.2, 0) is 0 Å². The lowest BCUT2D eigenvalue weighted by molar-refractivity contribution is 1.13. The summed E-state index contributed by atoms with van der Waals surface area (Å²) in [5.74, 6) is 0.629. The maximum Gasteiger partial charge on any atom is 0.146 e. The molecule has 0 fully saturated rings. The lowest BCUT2D eigenvalue weighted by atomic mass is 10.1. The van der Waals surface area contributed by atoms with Gasteiger partial charge >= 0.3 is 0 Å². The van der Waals surface area contributed by atoms with Crippen LogP contribution in [0.15, 0.2) is 58.5 Å². The summed E-state index contributed by atoms with van der Waals surface area (Å²) in [4.78, 5) is 5.54. The number of hydrogen-bond acceptors (Lipinski definition) is 3. The minimum atomic E-state index is 0.519. The zero-order valence-corrected chi connectivity index (χ0v) is 13.6. The van der Waals surface area contributed by atoms with E-state index >= 15 is 0 Å². The molecule has 0 saturated heterocycles. The Morgan fingerprint density at radius 1 is 0.952 bits per heavy atom. The Balaban J connectivity index is 1.98. The van der Waals surface area contributed by atoms with Crippen molar-refractivity contribution >= 4 is 51.6 Å². The van der Waals surface area contributed by atoms with Crippen LogP contribution >= 0.6 is 35.0 Å². The smallest absolute Gasteiger partial charge is 0.146 e. The molecule has 0 atom stereocenters. The molecule has 21 heavy (non-hydrogen) atoms. The molecule has 1 aromatic heterocycles. The SMILES string of the molecule is CNc1nc(Sc2ccc3ccccc3c2)c(Cl)cc1Cl. The Hall–Kier alpha value is -1.42. The second-order valence-electron chi connectivity index (χ2n) is 4.47. The van der Waals surface area contributed by atoms with Gasteiger partial charge in [-0.15, -0.1) is 0 Å². The Kier molecular flexibility index (Phi) is 4.24. The number of hydrogen-bond donors (Lipinski definition) is 1. The monoisotopic (exact) mass is 334 g/mol. The van der Waals surface area contributed by atoms with Crippen molar-refractivity contribution in [2.75, 3.05) is 12.4 Å². The number of halogens is 2. The standard InChI is InChI=1S/C16H12Cl2N2S/c1-19-15-13(17)9-14(18)16(20-15)21-12-7-6-10-4-2-3-5-11(10)8-12/h2-9H,1H3,(H,19,20). The number of anilines is 1. The summed E-state index contributed by atoms with van der Waals surface area (Å²) in [7, 11) is 1.78. The van der Waals surface area contributed by atoms with E-state index in [1.54, 1.807) is 13.1 Å². The van der Waals surface area contributed by atoms with E-state index in [0.717, 1.165) is 9.92 Å². The highest BCUT2D eigenvalue weighted by molar-refractivity contribution is 7.99. The second kappa shape index (κ2) is 6.14. The maximum atomic E-state index is 6.23. The highest BCUT2D eigenvalue weighted by Crippen LogP contribution is 2.36. The van der Waals surface area contributed by atoms with E-state index in [1.807, 2.05) is 12.1 Å². The van der Waals surface area contributed by atoms with E-state index in [0.29, 0.717) is 15.9 Å². The Morgan fingerprint density at radius 3 is 2.48 bits per heavy atom. The molecular weight excluding hydrogens is 323 g/mol. The molecule has 3 rings (SSSR count). The molecule has 2 nitrogen and oxygen atoms in total. The molecule has 1 N–H and O–H groups in total. The third kappa shape index (κ3) is 3.10. The average Bonchev–Trinajstić information content (AvgIpc) is 2.50. The van der Waals surface area contributed by atoms with Gasteiger partial charge < -0.3 is 5.32 Å². The van der Waals surface area contributed by atoms with E-state index in [4.69, 9.17) is 23.2 Å². The van der Waals surface area contributed by atoms with E-state index in [1.165, 1.54) is 22.5 Å². The second-order valence-corrected chi connectivity index (χ2v) is 6.34. The highest BCUT2D eigenvalue weighted by atomic mass is 35.5. The third-order valence-electron chi connectivity index (χ3n) is 3.07. The summed E-state index contributed by atoms with van der Waals surface area (Å²) in [5.41, 5.74) is 0. The zero-order valence-electron chi connectivity index (χ0n) is 11.2. The fourth-order valence-electron chi connectivity index (χ4n) is 2.04. The fourth-order valence-corrected chi connectivity index (χ4v) is 3.45. The first-order chi connectivity index (χ1) is 10.2. The molecule has 0 aliphatic carbocycles. The van der Waals surface area contributed by atoms with Gasteiger partial charge in [-0.3, -0.25) is 0 Å². The lowest BCUT2D eigenvalue weighted by Crippen LogP contribution is -1.95. The quantitative estimate of drug-likeness (QED) is 0.661. The number of rotatable bonds is 3. The van der Waals surface area contributed by atoms with Gasteiger partial charge in [0.2, 0.25) is 0 Å². The summed E-state index contributed by atoms with van der Waals surface area (Å²) in [5, 5.41) is 7.18. The number of aromatic nitrogens is 1. The summed E-state index contributed by atoms with van der Waals surface area (Å²) >= 11 is 13.8. The van der Waals surface area contributed by atoms with Crippen molar-refractivity contribution in [2.45, 2.75) is 9.92 Å². The van der Waals surface area contributed by atoms with Gasteiger partial charge in [0.05, 0.1) is 10.0 Å². The average molecular weight is 335 g/mol. The number of benzene rings is 2. The van der Waals surface area contributed by atoms with Crippen molar-refractivity contribution in [3.8, 4) is 0 Å². The van der Waals surface area contributed by atoms with Gasteiger partial charge in [-0.2, -0.15) is 0 Å². The van der Waals surface area contributed by atoms with Crippen molar-refractivity contribution in [3.63, 3.8) is 0 Å². The van der Waals surface area contributed by atoms with Crippen LogP contribution in [0, 0.1) is 0 Å². The highest BCUT2D eigenvalue weighted by Gasteiger charge is 2.10. The summed E-state index contributed by atoms with van der Waals surface area (Å²) in [6.45, 7) is 0. The van der Waals surface area contributed by atoms with Gasteiger partial charge in [-0.25, -0.2) is 4.98 Å². The lowest BCUT2D eigenvalue weighted by Gasteiger charge is -2.08. The van der Waals surface area contributed by atoms with Crippen LogP contribution < -0.4 is 5.32 Å². The number of pyridine rings is 1. The molecule has 106 valence electrons. The number of fused-ring (bicyclic) bond motifs is 1. The van der Waals surface area contributed by atoms with Crippen LogP contribution in [0.2, 0.25) is 10.0 Å².